The number of carboxylic acids is 1. The van der Waals surface area contributed by atoms with Gasteiger partial charge in [0.2, 0.25) is 5.91 Å². The molecule has 7 heteroatoms. The Labute approximate surface area is 106 Å². The quantitative estimate of drug-likeness (QED) is 0.538. The molecule has 0 spiro atoms. The smallest absolute Gasteiger partial charge is 0.315 e. The minimum absolute atomic E-state index is 0.114. The van der Waals surface area contributed by atoms with E-state index >= 15 is 0 Å². The fourth-order valence-corrected chi connectivity index (χ4v) is 1.53. The zero-order valence-electron chi connectivity index (χ0n) is 10.9. The van der Waals surface area contributed by atoms with Crippen LogP contribution in [0.4, 0.5) is 4.79 Å². The molecular formula is C11H21N3O4. The number of hydrogen-bond acceptors (Lipinski definition) is 3. The SMILES string of the molecule is CC(C)(C)CC(CC(=O)O)NC(=O)NCC(N)=O. The molecule has 3 amide bonds. The number of aliphatic carboxylic acids is 1. The summed E-state index contributed by atoms with van der Waals surface area (Å²) >= 11 is 0. The topological polar surface area (TPSA) is 122 Å². The van der Waals surface area contributed by atoms with Gasteiger partial charge in [-0.2, -0.15) is 0 Å². The fraction of sp³-hybridized carbons (Fsp3) is 0.727. The molecular weight excluding hydrogens is 238 g/mol. The molecule has 0 aromatic heterocycles. The van der Waals surface area contributed by atoms with Crippen molar-refractivity contribution in [3.05, 3.63) is 0 Å². The maximum absolute atomic E-state index is 11.4. The molecule has 0 aromatic carbocycles. The van der Waals surface area contributed by atoms with Crippen molar-refractivity contribution in [3.8, 4) is 0 Å². The third-order valence-corrected chi connectivity index (χ3v) is 2.04. The summed E-state index contributed by atoms with van der Waals surface area (Å²) in [4.78, 5) is 32.6. The van der Waals surface area contributed by atoms with Crippen molar-refractivity contribution < 1.29 is 19.5 Å². The lowest BCUT2D eigenvalue weighted by Crippen LogP contribution is -2.46. The first-order chi connectivity index (χ1) is 8.10. The van der Waals surface area contributed by atoms with Gasteiger partial charge < -0.3 is 21.5 Å². The van der Waals surface area contributed by atoms with Gasteiger partial charge in [-0.15, -0.1) is 0 Å². The van der Waals surface area contributed by atoms with E-state index in [-0.39, 0.29) is 18.4 Å². The van der Waals surface area contributed by atoms with Crippen LogP contribution in [0.15, 0.2) is 0 Å². The molecule has 1 atom stereocenters. The summed E-state index contributed by atoms with van der Waals surface area (Å²) in [5.74, 6) is -1.64. The van der Waals surface area contributed by atoms with E-state index in [4.69, 9.17) is 10.8 Å². The van der Waals surface area contributed by atoms with Gasteiger partial charge in [0.15, 0.2) is 0 Å². The zero-order chi connectivity index (χ0) is 14.3. The van der Waals surface area contributed by atoms with Crippen LogP contribution in [0, 0.1) is 5.41 Å². The van der Waals surface area contributed by atoms with E-state index in [1.165, 1.54) is 0 Å². The maximum atomic E-state index is 11.4. The molecule has 18 heavy (non-hydrogen) atoms. The van der Waals surface area contributed by atoms with Crippen LogP contribution in [0.2, 0.25) is 0 Å². The lowest BCUT2D eigenvalue weighted by Gasteiger charge is -2.25. The highest BCUT2D eigenvalue weighted by molar-refractivity contribution is 5.83. The molecule has 5 N–H and O–H groups in total. The Bertz CT molecular complexity index is 323. The van der Waals surface area contributed by atoms with Gasteiger partial charge >= 0.3 is 12.0 Å². The first kappa shape index (κ1) is 16.2. The van der Waals surface area contributed by atoms with Crippen LogP contribution >= 0.6 is 0 Å². The van der Waals surface area contributed by atoms with Gasteiger partial charge in [0.25, 0.3) is 0 Å². The van der Waals surface area contributed by atoms with Crippen molar-refractivity contribution in [3.63, 3.8) is 0 Å². The summed E-state index contributed by atoms with van der Waals surface area (Å²) in [6, 6.07) is -1.08. The Morgan fingerprint density at radius 1 is 1.28 bits per heavy atom. The summed E-state index contributed by atoms with van der Waals surface area (Å²) in [5.41, 5.74) is 4.76. The second-order valence-corrected chi connectivity index (χ2v) is 5.35. The molecule has 0 rings (SSSR count). The van der Waals surface area contributed by atoms with E-state index in [9.17, 15) is 14.4 Å². The predicted octanol–water partition coefficient (Wildman–Crippen LogP) is 0.0504. The van der Waals surface area contributed by atoms with Gasteiger partial charge in [-0.25, -0.2) is 4.79 Å². The Hall–Kier alpha value is -1.79. The summed E-state index contributed by atoms with van der Waals surface area (Å²) in [5, 5.41) is 13.5. The van der Waals surface area contributed by atoms with Crippen molar-refractivity contribution in [1.29, 1.82) is 0 Å². The van der Waals surface area contributed by atoms with Gasteiger partial charge in [0.1, 0.15) is 0 Å². The van der Waals surface area contributed by atoms with Crippen LogP contribution in [0.3, 0.4) is 0 Å². The standard InChI is InChI=1S/C11H21N3O4/c1-11(2,3)5-7(4-9(16)17)14-10(18)13-6-8(12)15/h7H,4-6H2,1-3H3,(H2,12,15)(H,16,17)(H2,13,14,18). The summed E-state index contributed by atoms with van der Waals surface area (Å²) < 4.78 is 0. The van der Waals surface area contributed by atoms with Crippen LogP contribution in [-0.4, -0.2) is 35.6 Å². The lowest BCUT2D eigenvalue weighted by atomic mass is 9.87. The van der Waals surface area contributed by atoms with Gasteiger partial charge in [0.05, 0.1) is 13.0 Å². The second-order valence-electron chi connectivity index (χ2n) is 5.35. The van der Waals surface area contributed by atoms with Crippen molar-refractivity contribution >= 4 is 17.9 Å². The van der Waals surface area contributed by atoms with Crippen molar-refractivity contribution in [1.82, 2.24) is 10.6 Å². The number of carbonyl (C=O) groups is 3. The molecule has 0 fully saturated rings. The van der Waals surface area contributed by atoms with Gasteiger partial charge in [0, 0.05) is 6.04 Å². The van der Waals surface area contributed by atoms with Crippen LogP contribution in [0.5, 0.6) is 0 Å². The average Bonchev–Trinajstić information content (AvgIpc) is 2.10. The van der Waals surface area contributed by atoms with Gasteiger partial charge in [-0.3, -0.25) is 9.59 Å². The van der Waals surface area contributed by atoms with Crippen molar-refractivity contribution in [2.45, 2.75) is 39.7 Å². The Morgan fingerprint density at radius 2 is 1.83 bits per heavy atom. The summed E-state index contributed by atoms with van der Waals surface area (Å²) in [7, 11) is 0. The minimum atomic E-state index is -0.987. The number of rotatable bonds is 6. The fourth-order valence-electron chi connectivity index (χ4n) is 1.53. The minimum Gasteiger partial charge on any atom is -0.481 e. The second kappa shape index (κ2) is 6.83. The third kappa shape index (κ3) is 9.44. The first-order valence-electron chi connectivity index (χ1n) is 5.64. The number of nitrogens with two attached hydrogens (primary N) is 1. The number of primary amides is 1. The molecule has 7 nitrogen and oxygen atoms in total. The van der Waals surface area contributed by atoms with Crippen LogP contribution in [-0.2, 0) is 9.59 Å². The van der Waals surface area contributed by atoms with Crippen LogP contribution < -0.4 is 16.4 Å². The Morgan fingerprint density at radius 3 is 2.22 bits per heavy atom. The van der Waals surface area contributed by atoms with E-state index in [0.29, 0.717) is 6.42 Å². The third-order valence-electron chi connectivity index (χ3n) is 2.04. The molecule has 1 unspecified atom stereocenters. The van der Waals surface area contributed by atoms with Gasteiger partial charge in [-0.05, 0) is 11.8 Å². The molecule has 0 saturated heterocycles. The number of urea groups is 1. The molecule has 0 radical (unpaired) electrons. The largest absolute Gasteiger partial charge is 0.481 e. The lowest BCUT2D eigenvalue weighted by molar-refractivity contribution is -0.137. The van der Waals surface area contributed by atoms with Crippen molar-refractivity contribution in [2.24, 2.45) is 11.1 Å². The van der Waals surface area contributed by atoms with Crippen LogP contribution in [0.1, 0.15) is 33.6 Å². The molecule has 0 heterocycles. The molecule has 104 valence electrons. The van der Waals surface area contributed by atoms with E-state index in [1.54, 1.807) is 0 Å². The van der Waals surface area contributed by atoms with E-state index in [2.05, 4.69) is 10.6 Å². The highest BCUT2D eigenvalue weighted by atomic mass is 16.4. The summed E-state index contributed by atoms with van der Waals surface area (Å²) in [6.45, 7) is 5.57. The highest BCUT2D eigenvalue weighted by Gasteiger charge is 2.22. The number of amides is 3. The Kier molecular flexibility index (Phi) is 6.15. The molecule has 0 aromatic rings. The predicted molar refractivity (Wildman–Crippen MR) is 65.8 cm³/mol. The van der Waals surface area contributed by atoms with E-state index < -0.39 is 23.9 Å². The molecule has 0 saturated carbocycles. The monoisotopic (exact) mass is 259 g/mol. The first-order valence-corrected chi connectivity index (χ1v) is 5.64. The van der Waals surface area contributed by atoms with Crippen LogP contribution in [0.25, 0.3) is 0 Å². The Balaban J connectivity index is 4.35. The normalized spacial score (nSPS) is 12.6. The van der Waals surface area contributed by atoms with E-state index in [0.717, 1.165) is 0 Å². The number of carboxylic acid groups (broad SMARTS) is 1. The molecule has 0 bridgehead atoms. The maximum Gasteiger partial charge on any atom is 0.315 e. The molecule has 0 aliphatic carbocycles. The number of nitrogens with one attached hydrogen (secondary N) is 2. The molecule has 0 aliphatic heterocycles. The zero-order valence-corrected chi connectivity index (χ0v) is 10.9. The number of carbonyl (C=O) groups excluding carboxylic acids is 2. The van der Waals surface area contributed by atoms with Crippen molar-refractivity contribution in [2.75, 3.05) is 6.54 Å². The average molecular weight is 259 g/mol. The highest BCUT2D eigenvalue weighted by Crippen LogP contribution is 2.22. The molecule has 0 aliphatic rings. The summed E-state index contributed by atoms with van der Waals surface area (Å²) in [6.07, 6.45) is 0.352. The van der Waals surface area contributed by atoms with E-state index in [1.807, 2.05) is 20.8 Å². The van der Waals surface area contributed by atoms with Gasteiger partial charge in [-0.1, -0.05) is 20.8 Å². The number of hydrogen-bond donors (Lipinski definition) is 4.